The normalized spacial score (nSPS) is 16.0. The zero-order chi connectivity index (χ0) is 14.7. The smallest absolute Gasteiger partial charge is 0.308 e. The number of hydrogen-bond acceptors (Lipinski definition) is 4. The molecule has 0 aromatic heterocycles. The first-order chi connectivity index (χ1) is 9.54. The average molecular weight is 277 g/mol. The van der Waals surface area contributed by atoms with Crippen LogP contribution in [0.3, 0.4) is 0 Å². The molecule has 1 aromatic rings. The number of carbonyl (C=O) groups is 2. The molecule has 20 heavy (non-hydrogen) atoms. The number of hydrogen-bond donors (Lipinski definition) is 1. The van der Waals surface area contributed by atoms with Crippen LogP contribution in [0.15, 0.2) is 18.2 Å². The van der Waals surface area contributed by atoms with Crippen molar-refractivity contribution < 1.29 is 19.4 Å². The van der Waals surface area contributed by atoms with E-state index in [9.17, 15) is 14.7 Å². The van der Waals surface area contributed by atoms with Gasteiger partial charge in [0, 0.05) is 24.2 Å². The van der Waals surface area contributed by atoms with Crippen molar-refractivity contribution in [3.8, 4) is 5.75 Å². The van der Waals surface area contributed by atoms with Crippen molar-refractivity contribution in [3.63, 3.8) is 0 Å². The Balaban J connectivity index is 2.05. The second kappa shape index (κ2) is 5.94. The molecule has 1 N–H and O–H groups in total. The van der Waals surface area contributed by atoms with Gasteiger partial charge in [-0.3, -0.25) is 9.59 Å². The molecule has 1 aromatic carbocycles. The molecule has 1 amide bonds. The fourth-order valence-corrected chi connectivity index (χ4v) is 2.51. The predicted octanol–water partition coefficient (Wildman–Crippen LogP) is 1.73. The largest absolute Gasteiger partial charge is 0.508 e. The highest BCUT2D eigenvalue weighted by Gasteiger charge is 2.28. The number of ether oxygens (including phenoxy) is 1. The van der Waals surface area contributed by atoms with E-state index in [2.05, 4.69) is 0 Å². The minimum absolute atomic E-state index is 0.0956. The van der Waals surface area contributed by atoms with Gasteiger partial charge in [-0.25, -0.2) is 0 Å². The number of piperidine rings is 1. The lowest BCUT2D eigenvalue weighted by molar-refractivity contribution is -0.146. The minimum atomic E-state index is -0.203. The van der Waals surface area contributed by atoms with Gasteiger partial charge in [-0.05, 0) is 31.9 Å². The van der Waals surface area contributed by atoms with Crippen LogP contribution in [0.2, 0.25) is 0 Å². The summed E-state index contributed by atoms with van der Waals surface area (Å²) in [5.41, 5.74) is 1.11. The lowest BCUT2D eigenvalue weighted by Gasteiger charge is -2.31. The van der Waals surface area contributed by atoms with Crippen molar-refractivity contribution in [1.82, 2.24) is 4.90 Å². The summed E-state index contributed by atoms with van der Waals surface area (Å²) in [5, 5.41) is 9.66. The van der Waals surface area contributed by atoms with Gasteiger partial charge in [0.15, 0.2) is 0 Å². The first-order valence-corrected chi connectivity index (χ1v) is 6.70. The van der Waals surface area contributed by atoms with E-state index in [-0.39, 0.29) is 23.5 Å². The zero-order valence-electron chi connectivity index (χ0n) is 11.8. The second-order valence-electron chi connectivity index (χ2n) is 5.04. The summed E-state index contributed by atoms with van der Waals surface area (Å²) in [6.45, 7) is 2.80. The summed E-state index contributed by atoms with van der Waals surface area (Å²) in [5.74, 6) is -0.290. The van der Waals surface area contributed by atoms with Gasteiger partial charge in [0.2, 0.25) is 0 Å². The lowest BCUT2D eigenvalue weighted by Crippen LogP contribution is -2.40. The van der Waals surface area contributed by atoms with Gasteiger partial charge in [0.25, 0.3) is 5.91 Å². The Hall–Kier alpha value is -2.04. The number of benzene rings is 1. The number of phenolic OH excluding ortho intramolecular Hbond substituents is 1. The van der Waals surface area contributed by atoms with Gasteiger partial charge >= 0.3 is 5.97 Å². The Labute approximate surface area is 118 Å². The molecule has 0 radical (unpaired) electrons. The maximum Gasteiger partial charge on any atom is 0.308 e. The Morgan fingerprint density at radius 3 is 2.55 bits per heavy atom. The molecule has 1 aliphatic heterocycles. The van der Waals surface area contributed by atoms with Crippen LogP contribution in [-0.4, -0.2) is 42.1 Å². The molecule has 1 heterocycles. The van der Waals surface area contributed by atoms with Crippen molar-refractivity contribution in [2.75, 3.05) is 20.2 Å². The monoisotopic (exact) mass is 277 g/mol. The molecule has 1 saturated heterocycles. The predicted molar refractivity (Wildman–Crippen MR) is 73.5 cm³/mol. The van der Waals surface area contributed by atoms with E-state index in [1.54, 1.807) is 30.0 Å². The lowest BCUT2D eigenvalue weighted by atomic mass is 9.96. The van der Waals surface area contributed by atoms with Gasteiger partial charge in [0.05, 0.1) is 13.0 Å². The Morgan fingerprint density at radius 2 is 1.95 bits per heavy atom. The molecule has 1 aliphatic rings. The molecule has 0 saturated carbocycles. The van der Waals surface area contributed by atoms with E-state index in [0.717, 1.165) is 0 Å². The van der Waals surface area contributed by atoms with Crippen molar-refractivity contribution >= 4 is 11.9 Å². The SMILES string of the molecule is COC(=O)C1CCN(C(=O)c2cccc(O)c2C)CC1. The minimum Gasteiger partial charge on any atom is -0.508 e. The summed E-state index contributed by atoms with van der Waals surface area (Å²) in [6, 6.07) is 4.94. The summed E-state index contributed by atoms with van der Waals surface area (Å²) in [4.78, 5) is 25.6. The first kappa shape index (κ1) is 14.4. The quantitative estimate of drug-likeness (QED) is 0.836. The molecule has 5 nitrogen and oxygen atoms in total. The van der Waals surface area contributed by atoms with Crippen LogP contribution < -0.4 is 0 Å². The fraction of sp³-hybridized carbons (Fsp3) is 0.467. The van der Waals surface area contributed by atoms with Gasteiger partial charge in [-0.2, -0.15) is 0 Å². The Morgan fingerprint density at radius 1 is 1.30 bits per heavy atom. The maximum atomic E-state index is 12.4. The van der Waals surface area contributed by atoms with Crippen LogP contribution in [0.25, 0.3) is 0 Å². The highest BCUT2D eigenvalue weighted by atomic mass is 16.5. The molecule has 0 spiro atoms. The summed E-state index contributed by atoms with van der Waals surface area (Å²) < 4.78 is 4.73. The maximum absolute atomic E-state index is 12.4. The van der Waals surface area contributed by atoms with Crippen LogP contribution in [0.4, 0.5) is 0 Å². The molecular weight excluding hydrogens is 258 g/mol. The van der Waals surface area contributed by atoms with Crippen LogP contribution in [0.1, 0.15) is 28.8 Å². The number of phenols is 1. The van der Waals surface area contributed by atoms with Gasteiger partial charge in [-0.1, -0.05) is 6.07 Å². The number of esters is 1. The molecule has 1 fully saturated rings. The van der Waals surface area contributed by atoms with E-state index in [4.69, 9.17) is 4.74 Å². The van der Waals surface area contributed by atoms with Crippen molar-refractivity contribution in [2.24, 2.45) is 5.92 Å². The second-order valence-corrected chi connectivity index (χ2v) is 5.04. The first-order valence-electron chi connectivity index (χ1n) is 6.70. The average Bonchev–Trinajstić information content (AvgIpc) is 2.48. The molecule has 0 unspecified atom stereocenters. The van der Waals surface area contributed by atoms with Crippen LogP contribution >= 0.6 is 0 Å². The highest BCUT2D eigenvalue weighted by Crippen LogP contribution is 2.24. The van der Waals surface area contributed by atoms with Crippen molar-refractivity contribution in [3.05, 3.63) is 29.3 Å². The third kappa shape index (κ3) is 2.76. The molecule has 5 heteroatoms. The molecular formula is C15H19NO4. The summed E-state index contributed by atoms with van der Waals surface area (Å²) >= 11 is 0. The molecule has 108 valence electrons. The van der Waals surface area contributed by atoms with Crippen molar-refractivity contribution in [2.45, 2.75) is 19.8 Å². The topological polar surface area (TPSA) is 66.8 Å². The van der Waals surface area contributed by atoms with E-state index in [1.807, 2.05) is 0 Å². The Kier molecular flexibility index (Phi) is 4.27. The van der Waals surface area contributed by atoms with Crippen LogP contribution in [-0.2, 0) is 9.53 Å². The van der Waals surface area contributed by atoms with Crippen LogP contribution in [0.5, 0.6) is 5.75 Å². The number of amides is 1. The summed E-state index contributed by atoms with van der Waals surface area (Å²) in [6.07, 6.45) is 1.24. The molecule has 0 bridgehead atoms. The van der Waals surface area contributed by atoms with E-state index in [0.29, 0.717) is 37.1 Å². The highest BCUT2D eigenvalue weighted by molar-refractivity contribution is 5.96. The van der Waals surface area contributed by atoms with Gasteiger partial charge < -0.3 is 14.7 Å². The van der Waals surface area contributed by atoms with Gasteiger partial charge in [-0.15, -0.1) is 0 Å². The standard InChI is InChI=1S/C15H19NO4/c1-10-12(4-3-5-13(10)17)14(18)16-8-6-11(7-9-16)15(19)20-2/h3-5,11,17H,6-9H2,1-2H3. The number of nitrogens with zero attached hydrogens (tertiary/aromatic N) is 1. The third-order valence-corrected chi connectivity index (χ3v) is 3.85. The number of aromatic hydroxyl groups is 1. The third-order valence-electron chi connectivity index (χ3n) is 3.85. The van der Waals surface area contributed by atoms with Gasteiger partial charge in [0.1, 0.15) is 5.75 Å². The number of methoxy groups -OCH3 is 1. The molecule has 2 rings (SSSR count). The number of likely N-dealkylation sites (tertiary alicyclic amines) is 1. The zero-order valence-corrected chi connectivity index (χ0v) is 11.8. The fourth-order valence-electron chi connectivity index (χ4n) is 2.51. The number of carbonyl (C=O) groups excluding carboxylic acids is 2. The Bertz CT molecular complexity index is 519. The van der Waals surface area contributed by atoms with Crippen LogP contribution in [0, 0.1) is 12.8 Å². The van der Waals surface area contributed by atoms with E-state index < -0.39 is 0 Å². The summed E-state index contributed by atoms with van der Waals surface area (Å²) in [7, 11) is 1.38. The molecule has 0 atom stereocenters. The van der Waals surface area contributed by atoms with Crippen molar-refractivity contribution in [1.29, 1.82) is 0 Å². The van der Waals surface area contributed by atoms with E-state index >= 15 is 0 Å². The molecule has 0 aliphatic carbocycles. The van der Waals surface area contributed by atoms with E-state index in [1.165, 1.54) is 7.11 Å². The number of rotatable bonds is 2.